The molecule has 1 aromatic heterocycles. The fraction of sp³-hybridized carbons (Fsp3) is 0.238. The maximum absolute atomic E-state index is 9.52. The zero-order chi connectivity index (χ0) is 18.7. The number of hydrogen-bond acceptors (Lipinski definition) is 5. The number of rotatable bonds is 2. The van der Waals surface area contributed by atoms with Crippen LogP contribution in [0.15, 0.2) is 40.9 Å². The third kappa shape index (κ3) is 3.21. The molecular weight excluding hydrogens is 340 g/mol. The molecule has 0 N–H and O–H groups in total. The molecule has 26 heavy (non-hydrogen) atoms. The van der Waals surface area contributed by atoms with E-state index in [9.17, 15) is 15.8 Å². The maximum atomic E-state index is 9.52. The third-order valence-corrected chi connectivity index (χ3v) is 5.75. The second kappa shape index (κ2) is 7.44. The van der Waals surface area contributed by atoms with E-state index in [0.29, 0.717) is 10.6 Å². The average molecular weight is 356 g/mol. The predicted octanol–water partition coefficient (Wildman–Crippen LogP) is 4.48. The highest BCUT2D eigenvalue weighted by molar-refractivity contribution is 8.00. The summed E-state index contributed by atoms with van der Waals surface area (Å²) in [6.45, 7) is 3.81. The summed E-state index contributed by atoms with van der Waals surface area (Å²) >= 11 is 1.48. The first-order chi connectivity index (χ1) is 12.6. The first-order valence-corrected chi connectivity index (χ1v) is 9.14. The van der Waals surface area contributed by atoms with Crippen molar-refractivity contribution in [3.63, 3.8) is 0 Å². The summed E-state index contributed by atoms with van der Waals surface area (Å²) < 4.78 is 0. The molecule has 0 radical (unpaired) electrons. The van der Waals surface area contributed by atoms with Crippen molar-refractivity contribution in [3.05, 3.63) is 63.9 Å². The van der Waals surface area contributed by atoms with E-state index < -0.39 is 0 Å². The van der Waals surface area contributed by atoms with Gasteiger partial charge in [0.05, 0.1) is 5.56 Å². The summed E-state index contributed by atoms with van der Waals surface area (Å²) in [5, 5.41) is 29.0. The average Bonchev–Trinajstić information content (AvgIpc) is 2.63. The molecule has 4 nitrogen and oxygen atoms in total. The van der Waals surface area contributed by atoms with Crippen LogP contribution in [0.25, 0.3) is 5.57 Å². The van der Waals surface area contributed by atoms with Crippen molar-refractivity contribution in [2.24, 2.45) is 0 Å². The van der Waals surface area contributed by atoms with Gasteiger partial charge in [-0.15, -0.1) is 0 Å². The molecule has 1 heterocycles. The Morgan fingerprint density at radius 2 is 1.88 bits per heavy atom. The summed E-state index contributed by atoms with van der Waals surface area (Å²) in [6, 6.07) is 16.1. The molecule has 1 aliphatic rings. The van der Waals surface area contributed by atoms with E-state index >= 15 is 0 Å². The second-order valence-electron chi connectivity index (χ2n) is 6.19. The van der Waals surface area contributed by atoms with E-state index in [1.807, 2.05) is 56.3 Å². The van der Waals surface area contributed by atoms with Gasteiger partial charge >= 0.3 is 0 Å². The smallest absolute Gasteiger partial charge is 0.134 e. The van der Waals surface area contributed by atoms with Gasteiger partial charge in [-0.25, -0.2) is 4.98 Å². The molecule has 2 aromatic rings. The van der Waals surface area contributed by atoms with Crippen LogP contribution < -0.4 is 0 Å². The van der Waals surface area contributed by atoms with Gasteiger partial charge in [0.25, 0.3) is 0 Å². The molecule has 1 aromatic carbocycles. The predicted molar refractivity (Wildman–Crippen MR) is 101 cm³/mol. The van der Waals surface area contributed by atoms with Crippen LogP contribution in [0.5, 0.6) is 0 Å². The molecule has 1 unspecified atom stereocenters. The SMILES string of the molecule is Cc1cc(C)c(C#N)c(SC2CCc3ccccc3C2=C(C#N)C#N)n1. The Kier molecular flexibility index (Phi) is 5.08. The largest absolute Gasteiger partial charge is 0.245 e. The quantitative estimate of drug-likeness (QED) is 0.741. The van der Waals surface area contributed by atoms with Crippen LogP contribution in [0.4, 0.5) is 0 Å². The van der Waals surface area contributed by atoms with Gasteiger partial charge in [0, 0.05) is 16.5 Å². The number of pyridine rings is 1. The Balaban J connectivity index is 2.13. The summed E-state index contributed by atoms with van der Waals surface area (Å²) in [6.07, 6.45) is 1.66. The van der Waals surface area contributed by atoms with Crippen molar-refractivity contribution in [1.82, 2.24) is 4.98 Å². The number of aromatic nitrogens is 1. The molecule has 0 amide bonds. The Morgan fingerprint density at radius 1 is 1.15 bits per heavy atom. The van der Waals surface area contributed by atoms with Crippen LogP contribution >= 0.6 is 11.8 Å². The van der Waals surface area contributed by atoms with E-state index in [0.717, 1.165) is 40.8 Å². The molecule has 0 bridgehead atoms. The summed E-state index contributed by atoms with van der Waals surface area (Å²) in [5.41, 5.74) is 5.31. The fourth-order valence-electron chi connectivity index (χ4n) is 3.32. The number of aryl methyl sites for hydroxylation is 3. The number of hydrogen-bond donors (Lipinski definition) is 0. The van der Waals surface area contributed by atoms with Gasteiger partial charge in [-0.05, 0) is 49.4 Å². The van der Waals surface area contributed by atoms with Gasteiger partial charge < -0.3 is 0 Å². The molecule has 1 aliphatic carbocycles. The minimum Gasteiger partial charge on any atom is -0.245 e. The van der Waals surface area contributed by atoms with Gasteiger partial charge in [0.15, 0.2) is 0 Å². The monoisotopic (exact) mass is 356 g/mol. The van der Waals surface area contributed by atoms with E-state index in [2.05, 4.69) is 11.1 Å². The van der Waals surface area contributed by atoms with Crippen molar-refractivity contribution in [1.29, 1.82) is 15.8 Å². The van der Waals surface area contributed by atoms with Crippen LogP contribution in [0, 0.1) is 47.8 Å². The number of nitrogens with zero attached hydrogens (tertiary/aromatic N) is 4. The van der Waals surface area contributed by atoms with Gasteiger partial charge in [-0.2, -0.15) is 15.8 Å². The zero-order valence-electron chi connectivity index (χ0n) is 14.6. The highest BCUT2D eigenvalue weighted by Crippen LogP contribution is 2.43. The highest BCUT2D eigenvalue weighted by Gasteiger charge is 2.29. The molecule has 5 heteroatoms. The highest BCUT2D eigenvalue weighted by atomic mass is 32.2. The van der Waals surface area contributed by atoms with Crippen molar-refractivity contribution < 1.29 is 0 Å². The maximum Gasteiger partial charge on any atom is 0.134 e. The molecule has 0 fully saturated rings. The summed E-state index contributed by atoms with van der Waals surface area (Å²) in [7, 11) is 0. The minimum atomic E-state index is -0.0833. The van der Waals surface area contributed by atoms with Gasteiger partial charge in [-0.3, -0.25) is 0 Å². The van der Waals surface area contributed by atoms with Crippen molar-refractivity contribution in [2.45, 2.75) is 37.0 Å². The molecule has 0 aliphatic heterocycles. The number of thioether (sulfide) groups is 1. The number of fused-ring (bicyclic) bond motifs is 1. The van der Waals surface area contributed by atoms with Crippen molar-refractivity contribution >= 4 is 17.3 Å². The molecule has 0 saturated heterocycles. The van der Waals surface area contributed by atoms with Crippen LogP contribution in [0.2, 0.25) is 0 Å². The van der Waals surface area contributed by atoms with Crippen LogP contribution in [-0.2, 0) is 6.42 Å². The second-order valence-corrected chi connectivity index (χ2v) is 7.38. The van der Waals surface area contributed by atoms with E-state index in [1.165, 1.54) is 11.8 Å². The summed E-state index contributed by atoms with van der Waals surface area (Å²) in [4.78, 5) is 4.55. The topological polar surface area (TPSA) is 84.3 Å². The standard InChI is InChI=1S/C21H16N4S/c1-13-9-14(2)25-21(18(13)12-24)26-19-8-7-15-5-3-4-6-17(15)20(19)16(10-22)11-23/h3-6,9,19H,7-8H2,1-2H3. The van der Waals surface area contributed by atoms with E-state index in [4.69, 9.17) is 0 Å². The third-order valence-electron chi connectivity index (χ3n) is 4.48. The Labute approximate surface area is 157 Å². The van der Waals surface area contributed by atoms with Gasteiger partial charge in [0.1, 0.15) is 28.8 Å². The normalized spacial score (nSPS) is 15.3. The van der Waals surface area contributed by atoms with Gasteiger partial charge in [-0.1, -0.05) is 36.0 Å². The Hall–Kier alpha value is -3.07. The molecular formula is C21H16N4S. The molecule has 0 spiro atoms. The Bertz CT molecular complexity index is 1020. The van der Waals surface area contributed by atoms with Crippen molar-refractivity contribution in [2.75, 3.05) is 0 Å². The number of nitriles is 3. The Morgan fingerprint density at radius 3 is 2.58 bits per heavy atom. The lowest BCUT2D eigenvalue weighted by Gasteiger charge is -2.27. The lowest BCUT2D eigenvalue weighted by Crippen LogP contribution is -2.17. The number of allylic oxidation sites excluding steroid dienone is 1. The number of benzene rings is 1. The van der Waals surface area contributed by atoms with Crippen LogP contribution in [-0.4, -0.2) is 10.2 Å². The molecule has 3 rings (SSSR count). The minimum absolute atomic E-state index is 0.0833. The van der Waals surface area contributed by atoms with Crippen LogP contribution in [0.1, 0.15) is 34.4 Å². The first kappa shape index (κ1) is 17.7. The van der Waals surface area contributed by atoms with Crippen molar-refractivity contribution in [3.8, 4) is 18.2 Å². The lowest BCUT2D eigenvalue weighted by molar-refractivity contribution is 0.830. The van der Waals surface area contributed by atoms with E-state index in [1.54, 1.807) is 0 Å². The lowest BCUT2D eigenvalue weighted by atomic mass is 9.85. The zero-order valence-corrected chi connectivity index (χ0v) is 15.4. The van der Waals surface area contributed by atoms with Gasteiger partial charge in [0.2, 0.25) is 0 Å². The summed E-state index contributed by atoms with van der Waals surface area (Å²) in [5.74, 6) is 0. The fourth-order valence-corrected chi connectivity index (χ4v) is 4.71. The first-order valence-electron chi connectivity index (χ1n) is 8.26. The molecule has 126 valence electrons. The van der Waals surface area contributed by atoms with Crippen LogP contribution in [0.3, 0.4) is 0 Å². The molecule has 0 saturated carbocycles. The molecule has 1 atom stereocenters. The van der Waals surface area contributed by atoms with E-state index in [-0.39, 0.29) is 10.8 Å².